The molecule has 0 radical (unpaired) electrons. The van der Waals surface area contributed by atoms with Crippen molar-refractivity contribution in [3.05, 3.63) is 0 Å². The molecular weight excluding hydrogens is 312 g/mol. The Morgan fingerprint density at radius 1 is 1.39 bits per heavy atom. The van der Waals surface area contributed by atoms with Crippen LogP contribution in [0.2, 0.25) is 0 Å². The Morgan fingerprint density at radius 2 is 2.22 bits per heavy atom. The smallest absolute Gasteiger partial charge is 0.193 e. The van der Waals surface area contributed by atoms with Gasteiger partial charge in [-0.1, -0.05) is 0 Å². The third kappa shape index (κ3) is 4.75. The van der Waals surface area contributed by atoms with Gasteiger partial charge in [-0.15, -0.1) is 0 Å². The average Bonchev–Trinajstić information content (AvgIpc) is 3.22. The van der Waals surface area contributed by atoms with Gasteiger partial charge in [0.05, 0.1) is 12.2 Å². The fraction of sp³-hybridized carbons (Fsp3) is 0.938. The number of guanidine groups is 1. The van der Waals surface area contributed by atoms with Gasteiger partial charge in [-0.3, -0.25) is 9.89 Å². The first-order chi connectivity index (χ1) is 11.2. The zero-order valence-corrected chi connectivity index (χ0v) is 15.0. The number of hydrogen-bond acceptors (Lipinski definition) is 5. The van der Waals surface area contributed by atoms with E-state index in [0.29, 0.717) is 12.5 Å². The highest BCUT2D eigenvalue weighted by atomic mass is 32.2. The summed E-state index contributed by atoms with van der Waals surface area (Å²) >= 11 is 1.83. The standard InChI is InChI=1S/C16H30N4O2S/c1-17-15(18-12-16(21)3-9-23-13-16)20-6-4-19(5-7-20)10-14-2-8-22-11-14/h14,21H,2-13H2,1H3,(H,17,18). The lowest BCUT2D eigenvalue weighted by atomic mass is 10.0. The van der Waals surface area contributed by atoms with E-state index in [4.69, 9.17) is 4.74 Å². The maximum absolute atomic E-state index is 10.5. The molecule has 3 rings (SSSR count). The number of hydrogen-bond donors (Lipinski definition) is 2. The van der Waals surface area contributed by atoms with Crippen LogP contribution in [0.15, 0.2) is 4.99 Å². The van der Waals surface area contributed by atoms with Crippen molar-refractivity contribution in [3.8, 4) is 0 Å². The van der Waals surface area contributed by atoms with E-state index in [-0.39, 0.29) is 0 Å². The van der Waals surface area contributed by atoms with Gasteiger partial charge in [-0.25, -0.2) is 0 Å². The Labute approximate surface area is 143 Å². The number of piperazine rings is 1. The van der Waals surface area contributed by atoms with E-state index >= 15 is 0 Å². The quantitative estimate of drug-likeness (QED) is 0.558. The molecule has 0 aromatic heterocycles. The molecule has 0 aromatic rings. The van der Waals surface area contributed by atoms with Crippen LogP contribution in [0.3, 0.4) is 0 Å². The monoisotopic (exact) mass is 342 g/mol. The summed E-state index contributed by atoms with van der Waals surface area (Å²) in [4.78, 5) is 9.27. The summed E-state index contributed by atoms with van der Waals surface area (Å²) in [7, 11) is 1.83. The highest BCUT2D eigenvalue weighted by Gasteiger charge is 2.32. The van der Waals surface area contributed by atoms with Crippen molar-refractivity contribution < 1.29 is 9.84 Å². The molecule has 0 aromatic carbocycles. The Bertz CT molecular complexity index is 401. The second kappa shape index (κ2) is 8.05. The summed E-state index contributed by atoms with van der Waals surface area (Å²) in [5.41, 5.74) is -0.565. The van der Waals surface area contributed by atoms with Gasteiger partial charge in [0.25, 0.3) is 0 Å². The zero-order chi connectivity index (χ0) is 16.1. The Hall–Kier alpha value is -0.500. The molecule has 0 saturated carbocycles. The molecule has 0 amide bonds. The van der Waals surface area contributed by atoms with Crippen LogP contribution in [0.25, 0.3) is 0 Å². The molecule has 6 nitrogen and oxygen atoms in total. The second-order valence-corrected chi connectivity index (χ2v) is 8.05. The van der Waals surface area contributed by atoms with Crippen LogP contribution in [0.5, 0.6) is 0 Å². The van der Waals surface area contributed by atoms with Crippen molar-refractivity contribution in [1.29, 1.82) is 0 Å². The first kappa shape index (κ1) is 17.3. The van der Waals surface area contributed by atoms with Gasteiger partial charge >= 0.3 is 0 Å². The highest BCUT2D eigenvalue weighted by molar-refractivity contribution is 7.99. The first-order valence-electron chi connectivity index (χ1n) is 8.74. The lowest BCUT2D eigenvalue weighted by Gasteiger charge is -2.38. The number of thioether (sulfide) groups is 1. The van der Waals surface area contributed by atoms with Gasteiger partial charge in [-0.05, 0) is 24.5 Å². The number of aliphatic imine (C=N–C) groups is 1. The van der Waals surface area contributed by atoms with E-state index < -0.39 is 5.60 Å². The summed E-state index contributed by atoms with van der Waals surface area (Å²) in [5.74, 6) is 3.53. The van der Waals surface area contributed by atoms with Crippen LogP contribution in [-0.4, -0.2) is 97.5 Å². The van der Waals surface area contributed by atoms with Crippen molar-refractivity contribution in [2.45, 2.75) is 18.4 Å². The predicted octanol–water partition coefficient (Wildman–Crippen LogP) is 0.0839. The maximum Gasteiger partial charge on any atom is 0.193 e. The summed E-state index contributed by atoms with van der Waals surface area (Å²) < 4.78 is 5.47. The molecule has 3 heterocycles. The molecule has 3 fully saturated rings. The van der Waals surface area contributed by atoms with Crippen molar-refractivity contribution in [2.24, 2.45) is 10.9 Å². The maximum atomic E-state index is 10.5. The fourth-order valence-electron chi connectivity index (χ4n) is 3.55. The molecule has 3 saturated heterocycles. The SMILES string of the molecule is CN=C(NCC1(O)CCSC1)N1CCN(CC2CCOC2)CC1. The molecule has 0 bridgehead atoms. The van der Waals surface area contributed by atoms with Gasteiger partial charge in [0.2, 0.25) is 0 Å². The van der Waals surface area contributed by atoms with Crippen LogP contribution in [0.1, 0.15) is 12.8 Å². The topological polar surface area (TPSA) is 60.3 Å². The fourth-order valence-corrected chi connectivity index (χ4v) is 4.84. The number of nitrogens with zero attached hydrogens (tertiary/aromatic N) is 3. The number of aliphatic hydroxyl groups is 1. The summed E-state index contributed by atoms with van der Waals surface area (Å²) in [6.45, 7) is 7.79. The summed E-state index contributed by atoms with van der Waals surface area (Å²) in [5, 5.41) is 13.8. The Morgan fingerprint density at radius 3 is 2.83 bits per heavy atom. The van der Waals surface area contributed by atoms with Gasteiger partial charge < -0.3 is 20.1 Å². The molecule has 2 unspecified atom stereocenters. The van der Waals surface area contributed by atoms with Crippen LogP contribution >= 0.6 is 11.8 Å². The minimum Gasteiger partial charge on any atom is -0.387 e. The van der Waals surface area contributed by atoms with Gasteiger partial charge in [-0.2, -0.15) is 11.8 Å². The average molecular weight is 343 g/mol. The van der Waals surface area contributed by atoms with Crippen molar-refractivity contribution in [1.82, 2.24) is 15.1 Å². The normalized spacial score (nSPS) is 33.4. The van der Waals surface area contributed by atoms with Crippen molar-refractivity contribution >= 4 is 17.7 Å². The number of nitrogens with one attached hydrogen (secondary N) is 1. The van der Waals surface area contributed by atoms with E-state index in [2.05, 4.69) is 20.1 Å². The zero-order valence-electron chi connectivity index (χ0n) is 14.2. The molecule has 0 spiro atoms. The van der Waals surface area contributed by atoms with E-state index in [9.17, 15) is 5.11 Å². The van der Waals surface area contributed by atoms with E-state index in [0.717, 1.165) is 69.8 Å². The van der Waals surface area contributed by atoms with Gasteiger partial charge in [0, 0.05) is 58.7 Å². The van der Waals surface area contributed by atoms with Gasteiger partial charge in [0.15, 0.2) is 5.96 Å². The molecule has 3 aliphatic heterocycles. The molecule has 132 valence electrons. The van der Waals surface area contributed by atoms with E-state index in [1.807, 2.05) is 18.8 Å². The molecule has 23 heavy (non-hydrogen) atoms. The molecule has 3 aliphatic rings. The third-order valence-corrected chi connectivity index (χ3v) is 6.32. The minimum absolute atomic E-state index is 0.565. The molecule has 0 aliphatic carbocycles. The molecule has 2 atom stereocenters. The van der Waals surface area contributed by atoms with Crippen LogP contribution in [0.4, 0.5) is 0 Å². The molecule has 2 N–H and O–H groups in total. The van der Waals surface area contributed by atoms with Crippen LogP contribution < -0.4 is 5.32 Å². The lowest BCUT2D eigenvalue weighted by molar-refractivity contribution is 0.0710. The van der Waals surface area contributed by atoms with Crippen LogP contribution in [0, 0.1) is 5.92 Å². The first-order valence-corrected chi connectivity index (χ1v) is 9.90. The Kier molecular flexibility index (Phi) is 6.07. The van der Waals surface area contributed by atoms with Crippen molar-refractivity contribution in [2.75, 3.05) is 71.0 Å². The van der Waals surface area contributed by atoms with Crippen molar-refractivity contribution in [3.63, 3.8) is 0 Å². The largest absolute Gasteiger partial charge is 0.387 e. The highest BCUT2D eigenvalue weighted by Crippen LogP contribution is 2.27. The molecular formula is C16H30N4O2S. The number of ether oxygens (including phenoxy) is 1. The van der Waals surface area contributed by atoms with E-state index in [1.54, 1.807) is 0 Å². The number of rotatable bonds is 4. The van der Waals surface area contributed by atoms with Crippen LogP contribution in [-0.2, 0) is 4.74 Å². The summed E-state index contributed by atoms with van der Waals surface area (Å²) in [6, 6.07) is 0. The second-order valence-electron chi connectivity index (χ2n) is 6.94. The summed E-state index contributed by atoms with van der Waals surface area (Å²) in [6.07, 6.45) is 2.08. The lowest BCUT2D eigenvalue weighted by Crippen LogP contribution is -2.55. The predicted molar refractivity (Wildman–Crippen MR) is 95.2 cm³/mol. The van der Waals surface area contributed by atoms with E-state index in [1.165, 1.54) is 6.42 Å². The Balaban J connectivity index is 1.41. The molecule has 7 heteroatoms. The minimum atomic E-state index is -0.565. The third-order valence-electron chi connectivity index (χ3n) is 5.08. The van der Waals surface area contributed by atoms with Gasteiger partial charge in [0.1, 0.15) is 0 Å².